The third kappa shape index (κ3) is 3.12. The Labute approximate surface area is 150 Å². The van der Waals surface area contributed by atoms with Gasteiger partial charge in [0.15, 0.2) is 0 Å². The van der Waals surface area contributed by atoms with Gasteiger partial charge in [0.2, 0.25) is 16.0 Å². The summed E-state index contributed by atoms with van der Waals surface area (Å²) < 4.78 is 39.6. The molecule has 0 amide bonds. The summed E-state index contributed by atoms with van der Waals surface area (Å²) in [7, 11) is -2.19. The zero-order valence-electron chi connectivity index (χ0n) is 13.7. The van der Waals surface area contributed by atoms with Crippen molar-refractivity contribution in [2.24, 2.45) is 16.6 Å². The molecule has 25 heavy (non-hydrogen) atoms. The number of nitrogens with zero attached hydrogens (tertiary/aromatic N) is 3. The van der Waals surface area contributed by atoms with E-state index in [1.807, 2.05) is 11.5 Å². The lowest BCUT2D eigenvalue weighted by molar-refractivity contribution is 0.403. The molecule has 2 aliphatic rings. The molecule has 0 aliphatic carbocycles. The standard InChI is InChI=1S/C16H17FN4O2S2/c1-16(9-25(22,23)21(2)15(19)20-16)14-8-24-7-13(14)11-3-10(6-18)4-12(17)5-11/h3-5,7,14H,8-9H2,1-2H3,(H2,19,20)/t14?,16-/m0/s1. The third-order valence-corrected chi connectivity index (χ3v) is 7.46. The molecule has 6 nitrogen and oxygen atoms in total. The summed E-state index contributed by atoms with van der Waals surface area (Å²) in [6.07, 6.45) is 0. The summed E-state index contributed by atoms with van der Waals surface area (Å²) in [5.41, 5.74) is 6.43. The summed E-state index contributed by atoms with van der Waals surface area (Å²) in [6.45, 7) is 1.75. The molecule has 0 aromatic heterocycles. The predicted molar refractivity (Wildman–Crippen MR) is 96.6 cm³/mol. The van der Waals surface area contributed by atoms with Gasteiger partial charge >= 0.3 is 0 Å². The second-order valence-corrected chi connectivity index (χ2v) is 9.25. The number of hydrogen-bond donors (Lipinski definition) is 1. The smallest absolute Gasteiger partial charge is 0.239 e. The minimum Gasteiger partial charge on any atom is -0.369 e. The Morgan fingerprint density at radius 2 is 2.20 bits per heavy atom. The van der Waals surface area contributed by atoms with E-state index in [4.69, 9.17) is 11.0 Å². The van der Waals surface area contributed by atoms with Crippen molar-refractivity contribution in [3.05, 3.63) is 40.6 Å². The number of aliphatic imine (C=N–C) groups is 1. The van der Waals surface area contributed by atoms with E-state index in [1.165, 1.54) is 30.9 Å². The third-order valence-electron chi connectivity index (χ3n) is 4.54. The lowest BCUT2D eigenvalue weighted by Crippen LogP contribution is -2.54. The van der Waals surface area contributed by atoms with Crippen molar-refractivity contribution in [3.63, 3.8) is 0 Å². The fraction of sp³-hybridized carbons (Fsp3) is 0.375. The zero-order valence-corrected chi connectivity index (χ0v) is 15.4. The van der Waals surface area contributed by atoms with Gasteiger partial charge in [-0.2, -0.15) is 5.26 Å². The lowest BCUT2D eigenvalue weighted by Gasteiger charge is -2.39. The van der Waals surface area contributed by atoms with Crippen LogP contribution in [0.2, 0.25) is 0 Å². The van der Waals surface area contributed by atoms with Crippen molar-refractivity contribution in [2.45, 2.75) is 12.5 Å². The van der Waals surface area contributed by atoms with Crippen LogP contribution >= 0.6 is 11.8 Å². The molecule has 0 radical (unpaired) electrons. The van der Waals surface area contributed by atoms with Crippen molar-refractivity contribution in [2.75, 3.05) is 18.6 Å². The molecular weight excluding hydrogens is 363 g/mol. The van der Waals surface area contributed by atoms with Gasteiger partial charge in [-0.1, -0.05) is 0 Å². The highest BCUT2D eigenvalue weighted by Crippen LogP contribution is 2.45. The Balaban J connectivity index is 2.06. The molecule has 2 heterocycles. The van der Waals surface area contributed by atoms with Crippen molar-refractivity contribution in [1.82, 2.24) is 4.31 Å². The summed E-state index contributed by atoms with van der Waals surface area (Å²) in [4.78, 5) is 4.44. The lowest BCUT2D eigenvalue weighted by atomic mass is 9.81. The van der Waals surface area contributed by atoms with E-state index in [1.54, 1.807) is 13.0 Å². The second-order valence-electron chi connectivity index (χ2n) is 6.35. The van der Waals surface area contributed by atoms with Crippen LogP contribution in [-0.4, -0.2) is 42.8 Å². The molecule has 2 N–H and O–H groups in total. The quantitative estimate of drug-likeness (QED) is 0.843. The fourth-order valence-corrected chi connectivity index (χ4v) is 5.99. The second kappa shape index (κ2) is 6.04. The van der Waals surface area contributed by atoms with Gasteiger partial charge in [-0.05, 0) is 41.7 Å². The zero-order chi connectivity index (χ0) is 18.4. The average molecular weight is 380 g/mol. The van der Waals surface area contributed by atoms with E-state index in [-0.39, 0.29) is 23.2 Å². The van der Waals surface area contributed by atoms with Gasteiger partial charge < -0.3 is 5.73 Å². The molecule has 0 bridgehead atoms. The van der Waals surface area contributed by atoms with Crippen LogP contribution in [0.3, 0.4) is 0 Å². The maximum absolute atomic E-state index is 13.8. The van der Waals surface area contributed by atoms with Crippen LogP contribution in [-0.2, 0) is 10.0 Å². The number of benzene rings is 1. The van der Waals surface area contributed by atoms with Gasteiger partial charge in [0, 0.05) is 18.7 Å². The van der Waals surface area contributed by atoms with Crippen LogP contribution in [0, 0.1) is 23.1 Å². The van der Waals surface area contributed by atoms with E-state index in [2.05, 4.69) is 4.99 Å². The van der Waals surface area contributed by atoms with E-state index in [0.29, 0.717) is 11.3 Å². The summed E-state index contributed by atoms with van der Waals surface area (Å²) in [5.74, 6) is -0.384. The molecule has 0 spiro atoms. The van der Waals surface area contributed by atoms with Crippen LogP contribution in [0.15, 0.2) is 28.6 Å². The Morgan fingerprint density at radius 3 is 2.84 bits per heavy atom. The first-order valence-corrected chi connectivity index (χ1v) is 10.2. The Morgan fingerprint density at radius 1 is 1.48 bits per heavy atom. The maximum Gasteiger partial charge on any atom is 0.239 e. The SMILES string of the molecule is CN1C(N)=N[C@](C)(C2CSC=C2c2cc(F)cc(C#N)c2)CS1(=O)=O. The normalized spacial score (nSPS) is 28.2. The van der Waals surface area contributed by atoms with Crippen molar-refractivity contribution >= 4 is 33.3 Å². The van der Waals surface area contributed by atoms with Gasteiger partial charge in [-0.15, -0.1) is 11.8 Å². The topological polar surface area (TPSA) is 99.5 Å². The molecule has 132 valence electrons. The number of rotatable bonds is 2. The van der Waals surface area contributed by atoms with E-state index >= 15 is 0 Å². The number of halogens is 1. The summed E-state index contributed by atoms with van der Waals surface area (Å²) in [6, 6.07) is 6.06. The van der Waals surface area contributed by atoms with Gasteiger partial charge in [0.25, 0.3) is 0 Å². The molecule has 0 saturated carbocycles. The Hall–Kier alpha value is -2.05. The average Bonchev–Trinajstić information content (AvgIpc) is 3.02. The highest BCUT2D eigenvalue weighted by molar-refractivity contribution is 8.02. The van der Waals surface area contributed by atoms with E-state index < -0.39 is 21.4 Å². The minimum absolute atomic E-state index is 0.0537. The molecule has 1 unspecified atom stereocenters. The number of guanidine groups is 1. The van der Waals surface area contributed by atoms with E-state index in [0.717, 1.165) is 9.88 Å². The van der Waals surface area contributed by atoms with E-state index in [9.17, 15) is 12.8 Å². The molecule has 0 fully saturated rings. The number of nitriles is 1. The summed E-state index contributed by atoms with van der Waals surface area (Å²) >= 11 is 1.51. The van der Waals surface area contributed by atoms with Gasteiger partial charge in [-0.3, -0.25) is 0 Å². The molecular formula is C16H17FN4O2S2. The molecule has 2 atom stereocenters. The maximum atomic E-state index is 13.8. The molecule has 1 aromatic rings. The monoisotopic (exact) mass is 380 g/mol. The Bertz CT molecular complexity index is 936. The molecule has 2 aliphatic heterocycles. The van der Waals surface area contributed by atoms with Crippen molar-refractivity contribution in [1.29, 1.82) is 5.26 Å². The van der Waals surface area contributed by atoms with Crippen LogP contribution in [0.25, 0.3) is 5.57 Å². The first kappa shape index (κ1) is 17.8. The van der Waals surface area contributed by atoms with Crippen LogP contribution in [0.1, 0.15) is 18.1 Å². The van der Waals surface area contributed by atoms with Crippen LogP contribution < -0.4 is 5.73 Å². The number of hydrogen-bond acceptors (Lipinski definition) is 6. The van der Waals surface area contributed by atoms with Crippen molar-refractivity contribution in [3.8, 4) is 6.07 Å². The molecule has 1 aromatic carbocycles. The first-order chi connectivity index (χ1) is 11.7. The molecule has 0 saturated heterocycles. The van der Waals surface area contributed by atoms with Gasteiger partial charge in [0.05, 0.1) is 22.9 Å². The van der Waals surface area contributed by atoms with Crippen molar-refractivity contribution < 1.29 is 12.8 Å². The predicted octanol–water partition coefficient (Wildman–Crippen LogP) is 1.75. The highest BCUT2D eigenvalue weighted by Gasteiger charge is 2.46. The largest absolute Gasteiger partial charge is 0.369 e. The fourth-order valence-electron chi connectivity index (χ4n) is 3.16. The van der Waals surface area contributed by atoms with Gasteiger partial charge in [-0.25, -0.2) is 22.1 Å². The minimum atomic E-state index is -3.57. The molecule has 9 heteroatoms. The first-order valence-electron chi connectivity index (χ1n) is 7.51. The number of sulfonamides is 1. The molecule has 3 rings (SSSR count). The number of thioether (sulfide) groups is 1. The van der Waals surface area contributed by atoms with Crippen LogP contribution in [0.4, 0.5) is 4.39 Å². The Kier molecular flexibility index (Phi) is 4.29. The van der Waals surface area contributed by atoms with Gasteiger partial charge in [0.1, 0.15) is 5.82 Å². The highest BCUT2D eigenvalue weighted by atomic mass is 32.2. The van der Waals surface area contributed by atoms with Crippen LogP contribution in [0.5, 0.6) is 0 Å². The summed E-state index contributed by atoms with van der Waals surface area (Å²) in [5, 5.41) is 10.9. The number of nitrogens with two attached hydrogens (primary N) is 1.